The molecular weight excluding hydrogens is 296 g/mol. The summed E-state index contributed by atoms with van der Waals surface area (Å²) in [5, 5.41) is 0. The maximum Gasteiger partial charge on any atom is 0.136 e. The van der Waals surface area contributed by atoms with Crippen molar-refractivity contribution in [1.29, 1.82) is 0 Å². The van der Waals surface area contributed by atoms with E-state index < -0.39 is 0 Å². The van der Waals surface area contributed by atoms with Crippen LogP contribution >= 0.6 is 0 Å². The van der Waals surface area contributed by atoms with Gasteiger partial charge in [-0.25, -0.2) is 0 Å². The molecule has 4 fully saturated rings. The summed E-state index contributed by atoms with van der Waals surface area (Å²) in [6.45, 7) is 10.9. The SMILES string of the molecule is C=C1CC2C(CCC3(C)C2CC[C@]3(C)C(C)=O)C2CCC(=O)CC12. The zero-order valence-electron chi connectivity index (χ0n) is 15.6. The van der Waals surface area contributed by atoms with Gasteiger partial charge in [0.1, 0.15) is 11.6 Å². The van der Waals surface area contributed by atoms with E-state index in [1.807, 2.05) is 6.92 Å². The van der Waals surface area contributed by atoms with Crippen LogP contribution in [0, 0.1) is 40.4 Å². The Kier molecular flexibility index (Phi) is 3.64. The molecule has 4 rings (SSSR count). The first kappa shape index (κ1) is 16.5. The Morgan fingerprint density at radius 2 is 1.79 bits per heavy atom. The average molecular weight is 328 g/mol. The maximum absolute atomic E-state index is 12.5. The summed E-state index contributed by atoms with van der Waals surface area (Å²) in [6.07, 6.45) is 8.43. The molecule has 4 saturated carbocycles. The molecule has 2 heteroatoms. The molecule has 0 saturated heterocycles. The van der Waals surface area contributed by atoms with Crippen LogP contribution in [0.3, 0.4) is 0 Å². The molecule has 2 nitrogen and oxygen atoms in total. The Morgan fingerprint density at radius 1 is 1.04 bits per heavy atom. The fourth-order valence-corrected chi connectivity index (χ4v) is 7.43. The van der Waals surface area contributed by atoms with Crippen molar-refractivity contribution in [3.8, 4) is 0 Å². The van der Waals surface area contributed by atoms with Gasteiger partial charge in [-0.15, -0.1) is 0 Å². The summed E-state index contributed by atoms with van der Waals surface area (Å²) in [7, 11) is 0. The predicted molar refractivity (Wildman–Crippen MR) is 95.4 cm³/mol. The minimum atomic E-state index is -0.136. The van der Waals surface area contributed by atoms with Crippen molar-refractivity contribution < 1.29 is 9.59 Å². The zero-order chi connectivity index (χ0) is 17.3. The number of carbonyl (C=O) groups is 2. The van der Waals surface area contributed by atoms with E-state index in [0.29, 0.717) is 35.2 Å². The van der Waals surface area contributed by atoms with Gasteiger partial charge in [0, 0.05) is 18.3 Å². The lowest BCUT2D eigenvalue weighted by Gasteiger charge is -2.57. The van der Waals surface area contributed by atoms with Gasteiger partial charge in [-0.1, -0.05) is 26.0 Å². The molecule has 0 radical (unpaired) electrons. The maximum atomic E-state index is 12.5. The van der Waals surface area contributed by atoms with E-state index in [9.17, 15) is 9.59 Å². The first-order valence-electron chi connectivity index (χ1n) is 9.98. The summed E-state index contributed by atoms with van der Waals surface area (Å²) in [5.41, 5.74) is 1.37. The first-order valence-corrected chi connectivity index (χ1v) is 9.98. The van der Waals surface area contributed by atoms with Crippen molar-refractivity contribution >= 4 is 11.6 Å². The monoisotopic (exact) mass is 328 g/mol. The second-order valence-electron chi connectivity index (χ2n) is 9.73. The normalized spacial score (nSPS) is 50.9. The number of allylic oxidation sites excluding steroid dienone is 1. The lowest BCUT2D eigenvalue weighted by atomic mass is 9.47. The molecule has 4 aliphatic carbocycles. The second kappa shape index (κ2) is 5.29. The van der Waals surface area contributed by atoms with E-state index >= 15 is 0 Å². The largest absolute Gasteiger partial charge is 0.300 e. The molecule has 0 amide bonds. The molecule has 0 aromatic carbocycles. The van der Waals surface area contributed by atoms with Gasteiger partial charge in [0.25, 0.3) is 0 Å². The van der Waals surface area contributed by atoms with E-state index in [1.165, 1.54) is 24.8 Å². The van der Waals surface area contributed by atoms with Crippen LogP contribution in [0.4, 0.5) is 0 Å². The fraction of sp³-hybridized carbons (Fsp3) is 0.818. The average Bonchev–Trinajstić information content (AvgIpc) is 2.81. The number of hydrogen-bond acceptors (Lipinski definition) is 2. The molecule has 0 aliphatic heterocycles. The fourth-order valence-electron chi connectivity index (χ4n) is 7.43. The predicted octanol–water partition coefficient (Wildman–Crippen LogP) is 4.97. The van der Waals surface area contributed by atoms with Crippen molar-refractivity contribution in [2.45, 2.75) is 72.1 Å². The quantitative estimate of drug-likeness (QED) is 0.637. The number of Topliss-reactive ketones (excluding diaryl/α,β-unsaturated/α-hetero) is 2. The third-order valence-corrected chi connectivity index (χ3v) is 9.17. The van der Waals surface area contributed by atoms with Gasteiger partial charge in [-0.2, -0.15) is 0 Å². The smallest absolute Gasteiger partial charge is 0.136 e. The molecule has 132 valence electrons. The van der Waals surface area contributed by atoms with Crippen LogP contribution in [0.5, 0.6) is 0 Å². The summed E-state index contributed by atoms with van der Waals surface area (Å²) in [4.78, 5) is 24.4. The third-order valence-electron chi connectivity index (χ3n) is 9.17. The molecule has 0 aromatic rings. The van der Waals surface area contributed by atoms with E-state index in [-0.39, 0.29) is 10.8 Å². The van der Waals surface area contributed by atoms with E-state index in [2.05, 4.69) is 20.4 Å². The molecule has 4 aliphatic rings. The van der Waals surface area contributed by atoms with Crippen LogP contribution < -0.4 is 0 Å². The molecule has 0 spiro atoms. The Balaban J connectivity index is 1.66. The number of hydrogen-bond donors (Lipinski definition) is 0. The van der Waals surface area contributed by atoms with Crippen LogP contribution in [-0.4, -0.2) is 11.6 Å². The highest BCUT2D eigenvalue weighted by molar-refractivity contribution is 5.83. The minimum absolute atomic E-state index is 0.136. The summed E-state index contributed by atoms with van der Waals surface area (Å²) in [5.74, 6) is 4.11. The van der Waals surface area contributed by atoms with Gasteiger partial charge in [-0.05, 0) is 80.5 Å². The number of fused-ring (bicyclic) bond motifs is 5. The lowest BCUT2D eigenvalue weighted by molar-refractivity contribution is -0.139. The summed E-state index contributed by atoms with van der Waals surface area (Å²) >= 11 is 0. The van der Waals surface area contributed by atoms with Crippen LogP contribution in [0.2, 0.25) is 0 Å². The number of rotatable bonds is 1. The Morgan fingerprint density at radius 3 is 2.50 bits per heavy atom. The molecule has 6 unspecified atom stereocenters. The lowest BCUT2D eigenvalue weighted by Crippen LogP contribution is -2.52. The van der Waals surface area contributed by atoms with Crippen LogP contribution in [0.15, 0.2) is 12.2 Å². The molecule has 0 heterocycles. The zero-order valence-corrected chi connectivity index (χ0v) is 15.6. The van der Waals surface area contributed by atoms with Crippen molar-refractivity contribution in [3.63, 3.8) is 0 Å². The summed E-state index contributed by atoms with van der Waals surface area (Å²) in [6, 6.07) is 0. The van der Waals surface area contributed by atoms with Crippen molar-refractivity contribution in [2.24, 2.45) is 40.4 Å². The van der Waals surface area contributed by atoms with Gasteiger partial charge < -0.3 is 0 Å². The first-order chi connectivity index (χ1) is 11.3. The van der Waals surface area contributed by atoms with Gasteiger partial charge in [-0.3, -0.25) is 9.59 Å². The highest BCUT2D eigenvalue weighted by atomic mass is 16.1. The minimum Gasteiger partial charge on any atom is -0.300 e. The van der Waals surface area contributed by atoms with E-state index in [0.717, 1.165) is 38.0 Å². The molecule has 0 bridgehead atoms. The number of carbonyl (C=O) groups excluding carboxylic acids is 2. The second-order valence-corrected chi connectivity index (χ2v) is 9.73. The highest BCUT2D eigenvalue weighted by Crippen LogP contribution is 2.68. The van der Waals surface area contributed by atoms with Gasteiger partial charge in [0.05, 0.1) is 0 Å². The van der Waals surface area contributed by atoms with E-state index in [1.54, 1.807) is 0 Å². The van der Waals surface area contributed by atoms with Gasteiger partial charge in [0.15, 0.2) is 0 Å². The van der Waals surface area contributed by atoms with Crippen molar-refractivity contribution in [1.82, 2.24) is 0 Å². The topological polar surface area (TPSA) is 34.1 Å². The molecule has 0 N–H and O–H groups in total. The molecule has 24 heavy (non-hydrogen) atoms. The standard InChI is InChI=1S/C22H32O2/c1-13-11-19-17(16-6-5-15(24)12-18(13)16)7-9-22(4)20(19)8-10-21(22,3)14(2)23/h16-20H,1,5-12H2,2-4H3/t16?,17?,18?,19?,20?,21-,22?/m1/s1. The Labute approximate surface area is 146 Å². The van der Waals surface area contributed by atoms with E-state index in [4.69, 9.17) is 0 Å². The number of ketones is 2. The molecule has 0 aromatic heterocycles. The van der Waals surface area contributed by atoms with Crippen LogP contribution in [0.25, 0.3) is 0 Å². The Bertz CT molecular complexity index is 605. The van der Waals surface area contributed by atoms with Crippen molar-refractivity contribution in [2.75, 3.05) is 0 Å². The molecule has 7 atom stereocenters. The van der Waals surface area contributed by atoms with Crippen LogP contribution in [0.1, 0.15) is 72.1 Å². The molecular formula is C22H32O2. The summed E-state index contributed by atoms with van der Waals surface area (Å²) < 4.78 is 0. The van der Waals surface area contributed by atoms with Gasteiger partial charge in [0.2, 0.25) is 0 Å². The Hall–Kier alpha value is -0.920. The third kappa shape index (κ3) is 2.01. The van der Waals surface area contributed by atoms with Gasteiger partial charge >= 0.3 is 0 Å². The highest BCUT2D eigenvalue weighted by Gasteiger charge is 2.63. The van der Waals surface area contributed by atoms with Crippen LogP contribution in [-0.2, 0) is 9.59 Å². The van der Waals surface area contributed by atoms with Crippen molar-refractivity contribution in [3.05, 3.63) is 12.2 Å².